The van der Waals surface area contributed by atoms with Crippen molar-refractivity contribution >= 4 is 17.9 Å². The molecule has 2 aliphatic carbocycles. The monoisotopic (exact) mass is 808 g/mol. The fourth-order valence-corrected chi connectivity index (χ4v) is 9.40. The summed E-state index contributed by atoms with van der Waals surface area (Å²) in [4.78, 5) is 34.2. The number of oxime groups is 1. The Labute approximate surface area is 348 Å². The lowest BCUT2D eigenvalue weighted by molar-refractivity contribution is -0.257. The molecule has 1 fully saturated rings. The Balaban J connectivity index is 1.57. The number of rotatable bonds is 22. The van der Waals surface area contributed by atoms with E-state index in [-0.39, 0.29) is 49.9 Å². The van der Waals surface area contributed by atoms with Crippen LogP contribution in [0.3, 0.4) is 0 Å². The van der Waals surface area contributed by atoms with E-state index in [9.17, 15) is 19.8 Å². The molecule has 6 atom stereocenters. The molecule has 1 aliphatic heterocycles. The SMILES string of the molecule is C=CCOC12Oc3ccc(Oc4cccc(C=O)c4)cc3C3C(CCCCO)C(CCCCO)C=C(C(=NOCC)CC1N(CCC)C(=O)Cc1cccc(OC)c1)C32. The molecule has 0 aromatic heterocycles. The lowest BCUT2D eigenvalue weighted by Crippen LogP contribution is -2.70. The number of aliphatic hydroxyl groups is 2. The van der Waals surface area contributed by atoms with Crippen molar-refractivity contribution < 1.29 is 43.6 Å². The molecule has 3 aromatic carbocycles. The van der Waals surface area contributed by atoms with Crippen molar-refractivity contribution in [3.63, 3.8) is 0 Å². The lowest BCUT2D eigenvalue weighted by Gasteiger charge is -2.60. The first-order chi connectivity index (χ1) is 28.8. The van der Waals surface area contributed by atoms with Crippen molar-refractivity contribution in [1.82, 2.24) is 4.90 Å². The van der Waals surface area contributed by atoms with Gasteiger partial charge in [-0.15, -0.1) is 6.58 Å². The van der Waals surface area contributed by atoms with Crippen LogP contribution in [0.1, 0.15) is 92.6 Å². The van der Waals surface area contributed by atoms with E-state index in [4.69, 9.17) is 28.9 Å². The van der Waals surface area contributed by atoms with Crippen LogP contribution in [-0.2, 0) is 20.8 Å². The Morgan fingerprint density at radius 2 is 1.75 bits per heavy atom. The van der Waals surface area contributed by atoms with Crippen molar-refractivity contribution in [3.8, 4) is 23.0 Å². The maximum absolute atomic E-state index is 14.8. The van der Waals surface area contributed by atoms with E-state index in [0.717, 1.165) is 54.4 Å². The average molecular weight is 809 g/mol. The highest BCUT2D eigenvalue weighted by Crippen LogP contribution is 2.62. The zero-order valence-corrected chi connectivity index (χ0v) is 34.7. The first-order valence-electron chi connectivity index (χ1n) is 21.2. The van der Waals surface area contributed by atoms with Crippen LogP contribution in [0.5, 0.6) is 23.0 Å². The maximum atomic E-state index is 14.8. The number of aldehydes is 1. The molecule has 316 valence electrons. The van der Waals surface area contributed by atoms with Crippen LogP contribution >= 0.6 is 0 Å². The molecule has 3 aliphatic rings. The number of ether oxygens (including phenoxy) is 4. The van der Waals surface area contributed by atoms with Gasteiger partial charge in [-0.25, -0.2) is 0 Å². The van der Waals surface area contributed by atoms with Gasteiger partial charge in [-0.05, 0) is 104 Å². The lowest BCUT2D eigenvalue weighted by atomic mass is 9.55. The largest absolute Gasteiger partial charge is 0.497 e. The molecule has 0 radical (unpaired) electrons. The fraction of sp³-hybridized carbons (Fsp3) is 0.479. The van der Waals surface area contributed by atoms with Gasteiger partial charge in [-0.2, -0.15) is 0 Å². The Kier molecular flexibility index (Phi) is 15.4. The number of carbonyl (C=O) groups excluding carboxylic acids is 2. The van der Waals surface area contributed by atoms with Crippen molar-refractivity contribution in [3.05, 3.63) is 108 Å². The maximum Gasteiger partial charge on any atom is 0.239 e. The molecule has 11 nitrogen and oxygen atoms in total. The molecule has 3 aromatic rings. The zero-order chi connectivity index (χ0) is 41.8. The van der Waals surface area contributed by atoms with Crippen LogP contribution in [0, 0.1) is 17.8 Å². The second-order valence-electron chi connectivity index (χ2n) is 15.6. The normalized spacial score (nSPS) is 23.6. The minimum Gasteiger partial charge on any atom is -0.497 e. The van der Waals surface area contributed by atoms with Crippen molar-refractivity contribution in [2.24, 2.45) is 22.9 Å². The van der Waals surface area contributed by atoms with Gasteiger partial charge in [0.2, 0.25) is 11.7 Å². The second kappa shape index (κ2) is 20.8. The molecule has 0 spiro atoms. The average Bonchev–Trinajstić information content (AvgIpc) is 3.25. The van der Waals surface area contributed by atoms with Gasteiger partial charge in [0.15, 0.2) is 0 Å². The van der Waals surface area contributed by atoms with Crippen LogP contribution in [-0.4, -0.2) is 84.9 Å². The van der Waals surface area contributed by atoms with E-state index in [1.54, 1.807) is 31.4 Å². The van der Waals surface area contributed by atoms with E-state index in [1.165, 1.54) is 0 Å². The molecule has 1 heterocycles. The van der Waals surface area contributed by atoms with E-state index in [2.05, 4.69) is 19.6 Å². The molecular weight excluding hydrogens is 749 g/mol. The van der Waals surface area contributed by atoms with Gasteiger partial charge in [0.1, 0.15) is 41.9 Å². The van der Waals surface area contributed by atoms with Crippen LogP contribution in [0.2, 0.25) is 0 Å². The minimum atomic E-state index is -1.35. The summed E-state index contributed by atoms with van der Waals surface area (Å²) < 4.78 is 26.3. The Bertz CT molecular complexity index is 1960. The van der Waals surface area contributed by atoms with Crippen LogP contribution < -0.4 is 14.2 Å². The fourth-order valence-electron chi connectivity index (χ4n) is 9.40. The third kappa shape index (κ3) is 9.75. The number of fused-ring (bicyclic) bond motifs is 2. The topological polar surface area (TPSA) is 136 Å². The zero-order valence-electron chi connectivity index (χ0n) is 34.7. The Morgan fingerprint density at radius 1 is 0.983 bits per heavy atom. The Hall–Kier alpha value is -4.97. The number of benzene rings is 3. The predicted molar refractivity (Wildman–Crippen MR) is 227 cm³/mol. The molecule has 11 heteroatoms. The molecular formula is C48H60N2O9. The summed E-state index contributed by atoms with van der Waals surface area (Å²) in [6.45, 7) is 9.21. The summed E-state index contributed by atoms with van der Waals surface area (Å²) in [5.74, 6) is 0.556. The van der Waals surface area contributed by atoms with Gasteiger partial charge in [0.05, 0.1) is 31.8 Å². The highest BCUT2D eigenvalue weighted by atomic mass is 16.7. The number of allylic oxidation sites excluding steroid dienone is 1. The van der Waals surface area contributed by atoms with E-state index < -0.39 is 17.7 Å². The van der Waals surface area contributed by atoms with Crippen LogP contribution in [0.4, 0.5) is 0 Å². The van der Waals surface area contributed by atoms with Gasteiger partial charge < -0.3 is 38.9 Å². The molecule has 1 amide bonds. The number of unbranched alkanes of at least 4 members (excludes halogenated alkanes) is 2. The highest BCUT2D eigenvalue weighted by molar-refractivity contribution is 6.03. The quantitative estimate of drug-likeness (QED) is 0.0444. The number of aliphatic hydroxyl groups excluding tert-OH is 2. The molecule has 1 saturated carbocycles. The van der Waals surface area contributed by atoms with Crippen molar-refractivity contribution in [1.29, 1.82) is 0 Å². The van der Waals surface area contributed by atoms with Crippen LogP contribution in [0.15, 0.2) is 96.2 Å². The minimum absolute atomic E-state index is 0.0659. The highest BCUT2D eigenvalue weighted by Gasteiger charge is 2.65. The first kappa shape index (κ1) is 43.6. The van der Waals surface area contributed by atoms with Gasteiger partial charge in [-0.3, -0.25) is 9.59 Å². The standard InChI is InChI=1S/C48H60N2O9/c1-5-22-50(45(54)28-33-14-12-17-36(26-33)55-4)44-31-42(49-57-7-3)40-29-35(16-8-10-23-51)39(19-9-11-24-52)46-41-30-38(58-37-18-13-15-34(27-37)32-53)20-21-43(41)59-48(44,47(40)46)56-25-6-2/h6,12-15,17-18,20-21,26-27,29-30,32,35,39,44,46-47,51-52H,2,5,7-11,16,19,22-25,28,31H2,1,3-4H3. The van der Waals surface area contributed by atoms with E-state index in [1.807, 2.05) is 60.4 Å². The van der Waals surface area contributed by atoms with Gasteiger partial charge >= 0.3 is 0 Å². The summed E-state index contributed by atoms with van der Waals surface area (Å²) in [7, 11) is 1.62. The van der Waals surface area contributed by atoms with Crippen molar-refractivity contribution in [2.75, 3.05) is 40.1 Å². The van der Waals surface area contributed by atoms with Gasteiger partial charge in [0.25, 0.3) is 0 Å². The Morgan fingerprint density at radius 3 is 2.47 bits per heavy atom. The number of hydrogen-bond donors (Lipinski definition) is 2. The molecule has 0 bridgehead atoms. The predicted octanol–water partition coefficient (Wildman–Crippen LogP) is 8.43. The number of amides is 1. The number of methoxy groups -OCH3 is 1. The summed E-state index contributed by atoms with van der Waals surface area (Å²) in [5.41, 5.74) is 4.03. The van der Waals surface area contributed by atoms with E-state index >= 15 is 0 Å². The second-order valence-corrected chi connectivity index (χ2v) is 15.6. The van der Waals surface area contributed by atoms with Crippen LogP contribution in [0.25, 0.3) is 0 Å². The number of carbonyl (C=O) groups is 2. The molecule has 2 N–H and O–H groups in total. The number of nitrogens with zero attached hydrogens (tertiary/aromatic N) is 2. The summed E-state index contributed by atoms with van der Waals surface area (Å²) in [6.07, 6.45) is 10.7. The third-order valence-corrected chi connectivity index (χ3v) is 11.8. The molecule has 6 unspecified atom stereocenters. The molecule has 0 saturated heterocycles. The summed E-state index contributed by atoms with van der Waals surface area (Å²) in [5, 5.41) is 24.6. The molecule has 59 heavy (non-hydrogen) atoms. The smallest absolute Gasteiger partial charge is 0.239 e. The first-order valence-corrected chi connectivity index (χ1v) is 21.2. The van der Waals surface area contributed by atoms with Gasteiger partial charge in [0, 0.05) is 43.2 Å². The summed E-state index contributed by atoms with van der Waals surface area (Å²) in [6, 6.07) is 19.9. The van der Waals surface area contributed by atoms with Gasteiger partial charge in [-0.1, -0.05) is 61.3 Å². The summed E-state index contributed by atoms with van der Waals surface area (Å²) >= 11 is 0. The molecule has 6 rings (SSSR count). The third-order valence-electron chi connectivity index (χ3n) is 11.8. The number of hydrogen-bond acceptors (Lipinski definition) is 10. The van der Waals surface area contributed by atoms with E-state index in [0.29, 0.717) is 67.4 Å². The van der Waals surface area contributed by atoms with Crippen molar-refractivity contribution in [2.45, 2.75) is 89.4 Å².